The van der Waals surface area contributed by atoms with Crippen molar-refractivity contribution in [2.75, 3.05) is 0 Å². The highest BCUT2D eigenvalue weighted by Crippen LogP contribution is 2.33. The van der Waals surface area contributed by atoms with E-state index in [1.807, 2.05) is 0 Å². The van der Waals surface area contributed by atoms with Crippen LogP contribution in [0, 0.1) is 0 Å². The fourth-order valence-electron chi connectivity index (χ4n) is 2.10. The molecule has 0 atom stereocenters. The van der Waals surface area contributed by atoms with Crippen molar-refractivity contribution >= 4 is 27.7 Å². The third kappa shape index (κ3) is 2.38. The molecule has 0 fully saturated rings. The lowest BCUT2D eigenvalue weighted by atomic mass is 10.1. The summed E-state index contributed by atoms with van der Waals surface area (Å²) in [5.74, 6) is 0. The van der Waals surface area contributed by atoms with Crippen molar-refractivity contribution in [2.24, 2.45) is 0 Å². The minimum atomic E-state index is 0.950. The summed E-state index contributed by atoms with van der Waals surface area (Å²) in [7, 11) is 0. The topological polar surface area (TPSA) is 25.8 Å². The molecule has 0 saturated carbocycles. The van der Waals surface area contributed by atoms with Crippen LogP contribution in [0.2, 0.25) is 0 Å². The zero-order valence-electron chi connectivity index (χ0n) is 9.19. The average molecular weight is 307 g/mol. The second-order valence-electron chi connectivity index (χ2n) is 4.06. The van der Waals surface area contributed by atoms with E-state index in [1.54, 1.807) is 24.3 Å². The van der Waals surface area contributed by atoms with Crippen LogP contribution < -0.4 is 0 Å². The number of hydrogen-bond donors (Lipinski definition) is 0. The van der Waals surface area contributed by atoms with Crippen LogP contribution in [0.1, 0.15) is 17.5 Å². The van der Waals surface area contributed by atoms with Crippen LogP contribution in [0.15, 0.2) is 45.1 Å². The van der Waals surface area contributed by atoms with Crippen molar-refractivity contribution in [2.45, 2.75) is 29.2 Å². The standard InChI is InChI=1S/C13H11BrN2S/c14-12-7-15-8-16-13(12)17-11-5-4-9-2-1-3-10(9)6-11/h4-8H,1-3H2. The zero-order valence-corrected chi connectivity index (χ0v) is 11.6. The van der Waals surface area contributed by atoms with Gasteiger partial charge in [-0.1, -0.05) is 17.8 Å². The van der Waals surface area contributed by atoms with Crippen LogP contribution >= 0.6 is 27.7 Å². The molecule has 1 aliphatic carbocycles. The number of aryl methyl sites for hydroxylation is 2. The van der Waals surface area contributed by atoms with Crippen LogP contribution in [0.5, 0.6) is 0 Å². The molecule has 2 aromatic rings. The van der Waals surface area contributed by atoms with Gasteiger partial charge in [-0.2, -0.15) is 0 Å². The number of rotatable bonds is 2. The third-order valence-electron chi connectivity index (χ3n) is 2.92. The summed E-state index contributed by atoms with van der Waals surface area (Å²) in [6, 6.07) is 6.73. The summed E-state index contributed by atoms with van der Waals surface area (Å²) in [6.07, 6.45) is 7.11. The first-order valence-electron chi connectivity index (χ1n) is 5.58. The van der Waals surface area contributed by atoms with Crippen molar-refractivity contribution < 1.29 is 0 Å². The van der Waals surface area contributed by atoms with Gasteiger partial charge in [-0.15, -0.1) is 0 Å². The van der Waals surface area contributed by atoms with Crippen molar-refractivity contribution in [3.05, 3.63) is 46.3 Å². The van der Waals surface area contributed by atoms with Gasteiger partial charge in [0.05, 0.1) is 4.47 Å². The average Bonchev–Trinajstić information content (AvgIpc) is 2.79. The second-order valence-corrected chi connectivity index (χ2v) is 5.98. The molecule has 0 radical (unpaired) electrons. The van der Waals surface area contributed by atoms with Crippen molar-refractivity contribution in [3.8, 4) is 0 Å². The maximum absolute atomic E-state index is 4.27. The summed E-state index contributed by atoms with van der Waals surface area (Å²) in [6.45, 7) is 0. The SMILES string of the molecule is Brc1cncnc1Sc1ccc2c(c1)CCC2. The lowest BCUT2D eigenvalue weighted by Crippen LogP contribution is -1.86. The van der Waals surface area contributed by atoms with E-state index >= 15 is 0 Å². The van der Waals surface area contributed by atoms with E-state index in [9.17, 15) is 0 Å². The molecule has 0 N–H and O–H groups in total. The van der Waals surface area contributed by atoms with Crippen LogP contribution in [0.25, 0.3) is 0 Å². The van der Waals surface area contributed by atoms with Gasteiger partial charge in [-0.25, -0.2) is 9.97 Å². The Bertz CT molecular complexity index is 557. The highest BCUT2D eigenvalue weighted by Gasteiger charge is 2.12. The van der Waals surface area contributed by atoms with Gasteiger partial charge in [0.15, 0.2) is 0 Å². The maximum atomic E-state index is 4.27. The van der Waals surface area contributed by atoms with E-state index in [4.69, 9.17) is 0 Å². The zero-order chi connectivity index (χ0) is 11.7. The molecule has 0 spiro atoms. The highest BCUT2D eigenvalue weighted by molar-refractivity contribution is 9.10. The third-order valence-corrected chi connectivity index (χ3v) is 4.77. The molecule has 0 unspecified atom stereocenters. The Morgan fingerprint density at radius 2 is 2.06 bits per heavy atom. The van der Waals surface area contributed by atoms with E-state index in [-0.39, 0.29) is 0 Å². The number of fused-ring (bicyclic) bond motifs is 1. The first kappa shape index (κ1) is 11.2. The maximum Gasteiger partial charge on any atom is 0.118 e. The Morgan fingerprint density at radius 1 is 1.18 bits per heavy atom. The predicted molar refractivity (Wildman–Crippen MR) is 72.3 cm³/mol. The molecule has 1 aliphatic rings. The molecule has 1 heterocycles. The summed E-state index contributed by atoms with van der Waals surface area (Å²) < 4.78 is 0.950. The minimum Gasteiger partial charge on any atom is -0.244 e. The van der Waals surface area contributed by atoms with Crippen LogP contribution in [0.3, 0.4) is 0 Å². The molecular weight excluding hydrogens is 296 g/mol. The molecule has 2 nitrogen and oxygen atoms in total. The van der Waals surface area contributed by atoms with Gasteiger partial charge in [-0.05, 0) is 58.5 Å². The Labute approximate surface area is 113 Å². The van der Waals surface area contributed by atoms with Gasteiger partial charge in [0.2, 0.25) is 0 Å². The lowest BCUT2D eigenvalue weighted by Gasteiger charge is -2.05. The number of aromatic nitrogens is 2. The minimum absolute atomic E-state index is 0.950. The summed E-state index contributed by atoms with van der Waals surface area (Å²) in [4.78, 5) is 9.50. The fraction of sp³-hybridized carbons (Fsp3) is 0.231. The van der Waals surface area contributed by atoms with Crippen molar-refractivity contribution in [1.29, 1.82) is 0 Å². The quantitative estimate of drug-likeness (QED) is 0.788. The van der Waals surface area contributed by atoms with Gasteiger partial charge >= 0.3 is 0 Å². The number of hydrogen-bond acceptors (Lipinski definition) is 3. The Kier molecular flexibility index (Phi) is 3.16. The molecule has 0 amide bonds. The normalized spacial score (nSPS) is 13.7. The number of nitrogens with zero attached hydrogens (tertiary/aromatic N) is 2. The summed E-state index contributed by atoms with van der Waals surface area (Å²) in [5, 5.41) is 0.970. The second kappa shape index (κ2) is 4.78. The molecule has 0 bridgehead atoms. The Morgan fingerprint density at radius 3 is 2.94 bits per heavy atom. The van der Waals surface area contributed by atoms with E-state index in [1.165, 1.54) is 35.3 Å². The number of benzene rings is 1. The van der Waals surface area contributed by atoms with Gasteiger partial charge in [0.25, 0.3) is 0 Å². The van der Waals surface area contributed by atoms with Crippen LogP contribution in [-0.4, -0.2) is 9.97 Å². The first-order valence-corrected chi connectivity index (χ1v) is 7.19. The van der Waals surface area contributed by atoms with Gasteiger partial charge in [0, 0.05) is 11.1 Å². The van der Waals surface area contributed by atoms with Gasteiger partial charge in [0.1, 0.15) is 11.4 Å². The molecular formula is C13H11BrN2S. The lowest BCUT2D eigenvalue weighted by molar-refractivity contribution is 0.911. The highest BCUT2D eigenvalue weighted by atomic mass is 79.9. The van der Waals surface area contributed by atoms with E-state index in [0.29, 0.717) is 0 Å². The monoisotopic (exact) mass is 306 g/mol. The number of halogens is 1. The fourth-order valence-corrected chi connectivity index (χ4v) is 3.37. The Balaban J connectivity index is 1.89. The molecule has 3 rings (SSSR count). The molecule has 17 heavy (non-hydrogen) atoms. The molecule has 1 aromatic heterocycles. The molecule has 4 heteroatoms. The Hall–Kier alpha value is -0.870. The molecule has 0 aliphatic heterocycles. The van der Waals surface area contributed by atoms with E-state index in [0.717, 1.165) is 9.50 Å². The van der Waals surface area contributed by atoms with Gasteiger partial charge < -0.3 is 0 Å². The van der Waals surface area contributed by atoms with E-state index in [2.05, 4.69) is 44.1 Å². The largest absolute Gasteiger partial charge is 0.244 e. The van der Waals surface area contributed by atoms with Gasteiger partial charge in [-0.3, -0.25) is 0 Å². The molecule has 1 aromatic carbocycles. The smallest absolute Gasteiger partial charge is 0.118 e. The molecule has 86 valence electrons. The van der Waals surface area contributed by atoms with Crippen molar-refractivity contribution in [3.63, 3.8) is 0 Å². The summed E-state index contributed by atoms with van der Waals surface area (Å²) in [5.41, 5.74) is 3.01. The molecule has 0 saturated heterocycles. The van der Waals surface area contributed by atoms with Crippen molar-refractivity contribution in [1.82, 2.24) is 9.97 Å². The van der Waals surface area contributed by atoms with Crippen LogP contribution in [0.4, 0.5) is 0 Å². The van der Waals surface area contributed by atoms with E-state index < -0.39 is 0 Å². The van der Waals surface area contributed by atoms with Crippen LogP contribution in [-0.2, 0) is 12.8 Å². The first-order chi connectivity index (χ1) is 8.33. The predicted octanol–water partition coefficient (Wildman–Crippen LogP) is 3.88. The summed E-state index contributed by atoms with van der Waals surface area (Å²) >= 11 is 5.15.